The standard InChI is InChI=1S/C12H15N5O2/c1-2-16-6-4-11(18)17(12(16)19)8-10-7-9(15-13)3-5-14-10/h3-7H,2,8,13H2,1H3,(H,14,15). The molecule has 3 N–H and O–H groups in total. The average Bonchev–Trinajstić information content (AvgIpc) is 2.44. The van der Waals surface area contributed by atoms with Crippen LogP contribution in [0.4, 0.5) is 5.69 Å². The van der Waals surface area contributed by atoms with Gasteiger partial charge in [0, 0.05) is 25.0 Å². The minimum Gasteiger partial charge on any atom is -0.324 e. The Morgan fingerprint density at radius 3 is 2.84 bits per heavy atom. The minimum atomic E-state index is -0.345. The van der Waals surface area contributed by atoms with Gasteiger partial charge in [-0.1, -0.05) is 0 Å². The van der Waals surface area contributed by atoms with Gasteiger partial charge >= 0.3 is 5.69 Å². The molecule has 0 saturated heterocycles. The third kappa shape index (κ3) is 2.71. The molecule has 0 fully saturated rings. The largest absolute Gasteiger partial charge is 0.331 e. The normalized spacial score (nSPS) is 10.4. The Morgan fingerprint density at radius 2 is 2.16 bits per heavy atom. The number of nitrogen functional groups attached to an aromatic ring is 1. The molecule has 0 unspecified atom stereocenters. The van der Waals surface area contributed by atoms with Crippen molar-refractivity contribution in [2.24, 2.45) is 5.84 Å². The van der Waals surface area contributed by atoms with Crippen LogP contribution in [0.2, 0.25) is 0 Å². The molecule has 0 bridgehead atoms. The first-order valence-corrected chi connectivity index (χ1v) is 5.87. The molecule has 7 heteroatoms. The summed E-state index contributed by atoms with van der Waals surface area (Å²) in [6, 6.07) is 4.76. The highest BCUT2D eigenvalue weighted by atomic mass is 16.2. The molecule has 0 atom stereocenters. The van der Waals surface area contributed by atoms with Gasteiger partial charge in [0.05, 0.1) is 17.9 Å². The van der Waals surface area contributed by atoms with E-state index in [1.54, 1.807) is 18.3 Å². The Hall–Kier alpha value is -2.41. The summed E-state index contributed by atoms with van der Waals surface area (Å²) < 4.78 is 2.61. The van der Waals surface area contributed by atoms with Crippen LogP contribution < -0.4 is 22.5 Å². The summed E-state index contributed by atoms with van der Waals surface area (Å²) in [5.41, 5.74) is 3.06. The van der Waals surface area contributed by atoms with Crippen molar-refractivity contribution in [2.75, 3.05) is 5.43 Å². The second kappa shape index (κ2) is 5.49. The van der Waals surface area contributed by atoms with Crippen molar-refractivity contribution in [1.82, 2.24) is 14.1 Å². The molecule has 0 aromatic carbocycles. The van der Waals surface area contributed by atoms with Crippen molar-refractivity contribution in [1.29, 1.82) is 0 Å². The van der Waals surface area contributed by atoms with Gasteiger partial charge in [-0.2, -0.15) is 0 Å². The molecule has 7 nitrogen and oxygen atoms in total. The molecule has 2 aromatic rings. The molecule has 2 heterocycles. The number of nitrogens with zero attached hydrogens (tertiary/aromatic N) is 3. The zero-order chi connectivity index (χ0) is 13.8. The summed E-state index contributed by atoms with van der Waals surface area (Å²) >= 11 is 0. The van der Waals surface area contributed by atoms with Crippen molar-refractivity contribution in [3.63, 3.8) is 0 Å². The van der Waals surface area contributed by atoms with Gasteiger partial charge in [-0.3, -0.25) is 20.2 Å². The number of aryl methyl sites for hydroxylation is 1. The summed E-state index contributed by atoms with van der Waals surface area (Å²) in [6.07, 6.45) is 3.06. The lowest BCUT2D eigenvalue weighted by Gasteiger charge is -2.08. The summed E-state index contributed by atoms with van der Waals surface area (Å²) in [5, 5.41) is 0. The van der Waals surface area contributed by atoms with Crippen LogP contribution in [0.5, 0.6) is 0 Å². The molecular formula is C12H15N5O2. The van der Waals surface area contributed by atoms with Crippen LogP contribution in [0.25, 0.3) is 0 Å². The van der Waals surface area contributed by atoms with E-state index in [2.05, 4.69) is 10.4 Å². The fraction of sp³-hybridized carbons (Fsp3) is 0.250. The first-order valence-electron chi connectivity index (χ1n) is 5.87. The highest BCUT2D eigenvalue weighted by Gasteiger charge is 2.06. The lowest BCUT2D eigenvalue weighted by Crippen LogP contribution is -2.39. The van der Waals surface area contributed by atoms with Crippen LogP contribution in [0, 0.1) is 0 Å². The SMILES string of the molecule is CCn1ccc(=O)n(Cc2cc(NN)ccn2)c1=O. The molecule has 0 spiro atoms. The Labute approximate surface area is 109 Å². The van der Waals surface area contributed by atoms with E-state index in [0.717, 1.165) is 4.57 Å². The van der Waals surface area contributed by atoms with E-state index in [-0.39, 0.29) is 17.8 Å². The van der Waals surface area contributed by atoms with Crippen molar-refractivity contribution in [3.05, 3.63) is 57.1 Å². The number of nitrogens with one attached hydrogen (secondary N) is 1. The Morgan fingerprint density at radius 1 is 1.37 bits per heavy atom. The van der Waals surface area contributed by atoms with Crippen molar-refractivity contribution >= 4 is 5.69 Å². The van der Waals surface area contributed by atoms with Crippen LogP contribution in [0.3, 0.4) is 0 Å². The molecule has 2 rings (SSSR count). The molecule has 0 saturated carbocycles. The van der Waals surface area contributed by atoms with E-state index in [4.69, 9.17) is 5.84 Å². The number of aromatic nitrogens is 3. The van der Waals surface area contributed by atoms with Crippen LogP contribution >= 0.6 is 0 Å². The van der Waals surface area contributed by atoms with E-state index in [9.17, 15) is 9.59 Å². The highest BCUT2D eigenvalue weighted by Crippen LogP contribution is 2.06. The predicted molar refractivity (Wildman–Crippen MR) is 71.8 cm³/mol. The molecule has 0 amide bonds. The Kier molecular flexibility index (Phi) is 3.76. The van der Waals surface area contributed by atoms with Crippen molar-refractivity contribution in [3.8, 4) is 0 Å². The van der Waals surface area contributed by atoms with E-state index in [1.807, 2.05) is 6.92 Å². The smallest absolute Gasteiger partial charge is 0.324 e. The topological polar surface area (TPSA) is 94.9 Å². The number of hydrogen-bond acceptors (Lipinski definition) is 5. The van der Waals surface area contributed by atoms with Crippen molar-refractivity contribution < 1.29 is 0 Å². The maximum absolute atomic E-state index is 12.0. The van der Waals surface area contributed by atoms with Gasteiger partial charge in [-0.25, -0.2) is 4.79 Å². The van der Waals surface area contributed by atoms with E-state index >= 15 is 0 Å². The lowest BCUT2D eigenvalue weighted by atomic mass is 10.3. The summed E-state index contributed by atoms with van der Waals surface area (Å²) in [6.45, 7) is 2.47. The minimum absolute atomic E-state index is 0.119. The predicted octanol–water partition coefficient (Wildman–Crippen LogP) is -0.241. The van der Waals surface area contributed by atoms with E-state index in [0.29, 0.717) is 17.9 Å². The monoisotopic (exact) mass is 261 g/mol. The third-order valence-electron chi connectivity index (χ3n) is 2.78. The quantitative estimate of drug-likeness (QED) is 0.585. The van der Waals surface area contributed by atoms with Crippen LogP contribution in [-0.4, -0.2) is 14.1 Å². The number of rotatable bonds is 4. The Bertz CT molecular complexity index is 689. The highest BCUT2D eigenvalue weighted by molar-refractivity contribution is 5.41. The maximum atomic E-state index is 12.0. The molecule has 0 aliphatic carbocycles. The maximum Gasteiger partial charge on any atom is 0.331 e. The average molecular weight is 261 g/mol. The molecule has 19 heavy (non-hydrogen) atoms. The zero-order valence-electron chi connectivity index (χ0n) is 10.5. The number of pyridine rings is 1. The summed E-state index contributed by atoms with van der Waals surface area (Å²) in [7, 11) is 0. The van der Waals surface area contributed by atoms with Crippen LogP contribution in [0.1, 0.15) is 12.6 Å². The number of hydrogen-bond donors (Lipinski definition) is 2. The number of nitrogens with two attached hydrogens (primary N) is 1. The van der Waals surface area contributed by atoms with Crippen molar-refractivity contribution in [2.45, 2.75) is 20.0 Å². The first-order chi connectivity index (χ1) is 9.15. The van der Waals surface area contributed by atoms with Crippen LogP contribution in [-0.2, 0) is 13.1 Å². The Balaban J connectivity index is 2.43. The van der Waals surface area contributed by atoms with E-state index < -0.39 is 0 Å². The molecule has 0 aliphatic rings. The number of anilines is 1. The van der Waals surface area contributed by atoms with Gasteiger partial charge < -0.3 is 9.99 Å². The van der Waals surface area contributed by atoms with Gasteiger partial charge in [-0.15, -0.1) is 0 Å². The van der Waals surface area contributed by atoms with E-state index in [1.165, 1.54) is 16.8 Å². The summed E-state index contributed by atoms with van der Waals surface area (Å²) in [4.78, 5) is 27.9. The molecular weight excluding hydrogens is 246 g/mol. The molecule has 2 aromatic heterocycles. The zero-order valence-corrected chi connectivity index (χ0v) is 10.5. The second-order valence-electron chi connectivity index (χ2n) is 3.99. The second-order valence-corrected chi connectivity index (χ2v) is 3.99. The third-order valence-corrected chi connectivity index (χ3v) is 2.78. The fourth-order valence-corrected chi connectivity index (χ4v) is 1.76. The van der Waals surface area contributed by atoms with Gasteiger partial charge in [0.25, 0.3) is 5.56 Å². The van der Waals surface area contributed by atoms with Crippen LogP contribution in [0.15, 0.2) is 40.2 Å². The van der Waals surface area contributed by atoms with Gasteiger partial charge in [0.2, 0.25) is 0 Å². The van der Waals surface area contributed by atoms with Gasteiger partial charge in [0.15, 0.2) is 0 Å². The lowest BCUT2D eigenvalue weighted by molar-refractivity contribution is 0.594. The molecule has 0 aliphatic heterocycles. The number of hydrazine groups is 1. The molecule has 0 radical (unpaired) electrons. The van der Waals surface area contributed by atoms with Gasteiger partial charge in [0.1, 0.15) is 0 Å². The summed E-state index contributed by atoms with van der Waals surface area (Å²) in [5.74, 6) is 5.31. The molecule has 100 valence electrons. The fourth-order valence-electron chi connectivity index (χ4n) is 1.76. The first kappa shape index (κ1) is 13.0. The van der Waals surface area contributed by atoms with Gasteiger partial charge in [-0.05, 0) is 19.1 Å².